The fraction of sp³-hybridized carbons (Fsp3) is 0.778. The van der Waals surface area contributed by atoms with Gasteiger partial charge in [0.2, 0.25) is 0 Å². The highest BCUT2D eigenvalue weighted by molar-refractivity contribution is 5.33. The molecule has 0 heterocycles. The summed E-state index contributed by atoms with van der Waals surface area (Å²) in [6.45, 7) is 0. The maximum absolute atomic E-state index is 2.43. The van der Waals surface area contributed by atoms with Crippen molar-refractivity contribution in [2.24, 2.45) is 17.3 Å². The normalized spacial score (nSPS) is 48.9. The minimum absolute atomic E-state index is 0.861. The molecule has 0 saturated heterocycles. The molecule has 0 amide bonds. The van der Waals surface area contributed by atoms with Crippen molar-refractivity contribution in [3.05, 3.63) is 12.2 Å². The summed E-state index contributed by atoms with van der Waals surface area (Å²) in [6, 6.07) is 0. The summed E-state index contributed by atoms with van der Waals surface area (Å²) in [6.07, 6.45) is 10.9. The molecule has 0 heteroatoms. The van der Waals surface area contributed by atoms with Crippen LogP contribution in [-0.2, 0) is 0 Å². The molecule has 0 bridgehead atoms. The molecule has 3 rings (SSSR count). The summed E-state index contributed by atoms with van der Waals surface area (Å²) < 4.78 is 0. The molecule has 3 aliphatic rings. The highest BCUT2D eigenvalue weighted by Gasteiger charge is 2.65. The molecular weight excluding hydrogens is 108 g/mol. The van der Waals surface area contributed by atoms with E-state index in [-0.39, 0.29) is 0 Å². The smallest absolute Gasteiger partial charge is 0.0102 e. The van der Waals surface area contributed by atoms with Gasteiger partial charge in [0.1, 0.15) is 0 Å². The molecule has 0 aromatic heterocycles. The predicted molar refractivity (Wildman–Crippen MR) is 37.0 cm³/mol. The maximum Gasteiger partial charge on any atom is -0.0102 e. The van der Waals surface area contributed by atoms with Crippen LogP contribution < -0.4 is 0 Å². The van der Waals surface area contributed by atoms with Crippen LogP contribution in [0, 0.1) is 17.3 Å². The van der Waals surface area contributed by atoms with Crippen LogP contribution >= 0.6 is 0 Å². The standard InChI is InChI=1S/C9H12/c1-2-6-9(5-1)7-3-4-8(7)9/h3-4,7-8H,1-2,5-6H2. The Labute approximate surface area is 56.0 Å². The molecule has 1 spiro atoms. The van der Waals surface area contributed by atoms with E-state index in [1.165, 1.54) is 25.7 Å². The van der Waals surface area contributed by atoms with Crippen molar-refractivity contribution < 1.29 is 0 Å². The van der Waals surface area contributed by atoms with E-state index < -0.39 is 0 Å². The topological polar surface area (TPSA) is 0 Å². The lowest BCUT2D eigenvalue weighted by atomic mass is 10.0. The van der Waals surface area contributed by atoms with Crippen LogP contribution in [0.1, 0.15) is 25.7 Å². The summed E-state index contributed by atoms with van der Waals surface area (Å²) in [7, 11) is 0. The third kappa shape index (κ3) is 0.331. The Morgan fingerprint density at radius 2 is 1.56 bits per heavy atom. The Balaban J connectivity index is 1.92. The van der Waals surface area contributed by atoms with Gasteiger partial charge in [0.25, 0.3) is 0 Å². The van der Waals surface area contributed by atoms with Gasteiger partial charge in [-0.3, -0.25) is 0 Å². The molecule has 3 aliphatic carbocycles. The van der Waals surface area contributed by atoms with Gasteiger partial charge in [-0.2, -0.15) is 0 Å². The molecule has 0 aromatic carbocycles. The van der Waals surface area contributed by atoms with Crippen LogP contribution in [-0.4, -0.2) is 0 Å². The summed E-state index contributed by atoms with van der Waals surface area (Å²) in [4.78, 5) is 0. The van der Waals surface area contributed by atoms with Crippen LogP contribution in [0.5, 0.6) is 0 Å². The third-order valence-electron chi connectivity index (χ3n) is 3.67. The first kappa shape index (κ1) is 4.54. The van der Waals surface area contributed by atoms with Gasteiger partial charge in [-0.1, -0.05) is 25.0 Å². The van der Waals surface area contributed by atoms with Crippen LogP contribution in [0.3, 0.4) is 0 Å². The summed E-state index contributed by atoms with van der Waals surface area (Å²) in [5, 5.41) is 0. The Kier molecular flexibility index (Phi) is 0.564. The van der Waals surface area contributed by atoms with Crippen molar-refractivity contribution in [3.8, 4) is 0 Å². The average Bonchev–Trinajstić information content (AvgIpc) is 2.23. The molecule has 9 heavy (non-hydrogen) atoms. The van der Waals surface area contributed by atoms with Gasteiger partial charge in [-0.05, 0) is 30.1 Å². The Morgan fingerprint density at radius 3 is 2.00 bits per heavy atom. The van der Waals surface area contributed by atoms with E-state index >= 15 is 0 Å². The van der Waals surface area contributed by atoms with Gasteiger partial charge in [0.15, 0.2) is 0 Å². The van der Waals surface area contributed by atoms with Crippen molar-refractivity contribution in [2.75, 3.05) is 0 Å². The van der Waals surface area contributed by atoms with Crippen molar-refractivity contribution in [2.45, 2.75) is 25.7 Å². The van der Waals surface area contributed by atoms with Crippen molar-refractivity contribution in [1.29, 1.82) is 0 Å². The highest BCUT2D eigenvalue weighted by atomic mass is 14.7. The largest absolute Gasteiger partial charge is 0.0839 e. The first-order chi connectivity index (χ1) is 4.43. The Hall–Kier alpha value is -0.260. The molecule has 2 fully saturated rings. The molecular formula is C9H12. The fourth-order valence-corrected chi connectivity index (χ4v) is 2.97. The van der Waals surface area contributed by atoms with Gasteiger partial charge >= 0.3 is 0 Å². The second-order valence-electron chi connectivity index (χ2n) is 3.88. The molecule has 2 atom stereocenters. The minimum Gasteiger partial charge on any atom is -0.0839 e. The lowest BCUT2D eigenvalue weighted by Crippen LogP contribution is -1.92. The van der Waals surface area contributed by atoms with Gasteiger partial charge < -0.3 is 0 Å². The first-order valence-electron chi connectivity index (χ1n) is 4.12. The van der Waals surface area contributed by atoms with Gasteiger partial charge in [-0.25, -0.2) is 0 Å². The SMILES string of the molecule is C1=CC2C1C21CCCC1. The number of hydrogen-bond donors (Lipinski definition) is 0. The summed E-state index contributed by atoms with van der Waals surface area (Å²) in [5.74, 6) is 2.11. The van der Waals surface area contributed by atoms with Crippen LogP contribution in [0.25, 0.3) is 0 Å². The number of rotatable bonds is 0. The Morgan fingerprint density at radius 1 is 1.00 bits per heavy atom. The van der Waals surface area contributed by atoms with Crippen molar-refractivity contribution >= 4 is 0 Å². The first-order valence-corrected chi connectivity index (χ1v) is 4.12. The third-order valence-corrected chi connectivity index (χ3v) is 3.67. The molecule has 0 nitrogen and oxygen atoms in total. The van der Waals surface area contributed by atoms with E-state index in [9.17, 15) is 0 Å². The monoisotopic (exact) mass is 120 g/mol. The molecule has 0 radical (unpaired) electrons. The zero-order valence-corrected chi connectivity index (χ0v) is 5.64. The molecule has 2 saturated carbocycles. The number of hydrogen-bond acceptors (Lipinski definition) is 0. The molecule has 0 aromatic rings. The van der Waals surface area contributed by atoms with Gasteiger partial charge in [-0.15, -0.1) is 0 Å². The van der Waals surface area contributed by atoms with Crippen molar-refractivity contribution in [1.82, 2.24) is 0 Å². The van der Waals surface area contributed by atoms with Crippen LogP contribution in [0.4, 0.5) is 0 Å². The van der Waals surface area contributed by atoms with E-state index in [2.05, 4.69) is 12.2 Å². The molecule has 2 unspecified atom stereocenters. The highest BCUT2D eigenvalue weighted by Crippen LogP contribution is 2.72. The molecule has 0 N–H and O–H groups in total. The second-order valence-corrected chi connectivity index (χ2v) is 3.88. The van der Waals surface area contributed by atoms with E-state index in [1.807, 2.05) is 0 Å². The quantitative estimate of drug-likeness (QED) is 0.430. The van der Waals surface area contributed by atoms with Crippen LogP contribution in [0.15, 0.2) is 12.2 Å². The lowest BCUT2D eigenvalue weighted by molar-refractivity contribution is 0.494. The van der Waals surface area contributed by atoms with E-state index in [0.717, 1.165) is 17.3 Å². The zero-order chi connectivity index (χ0) is 5.90. The summed E-state index contributed by atoms with van der Waals surface area (Å²) in [5.41, 5.74) is 0.861. The van der Waals surface area contributed by atoms with Gasteiger partial charge in [0.05, 0.1) is 0 Å². The van der Waals surface area contributed by atoms with Gasteiger partial charge in [0, 0.05) is 0 Å². The molecule has 0 aliphatic heterocycles. The van der Waals surface area contributed by atoms with E-state index in [1.54, 1.807) is 0 Å². The van der Waals surface area contributed by atoms with Crippen LogP contribution in [0.2, 0.25) is 0 Å². The minimum atomic E-state index is 0.861. The zero-order valence-electron chi connectivity index (χ0n) is 5.64. The number of fused-ring (bicyclic) bond motifs is 3. The summed E-state index contributed by atoms with van der Waals surface area (Å²) >= 11 is 0. The number of allylic oxidation sites excluding steroid dienone is 2. The second kappa shape index (κ2) is 1.12. The predicted octanol–water partition coefficient (Wildman–Crippen LogP) is 2.36. The average molecular weight is 120 g/mol. The Bertz CT molecular complexity index is 158. The maximum atomic E-state index is 2.43. The fourth-order valence-electron chi connectivity index (χ4n) is 2.97. The lowest BCUT2D eigenvalue weighted by Gasteiger charge is -2.01. The van der Waals surface area contributed by atoms with E-state index in [0.29, 0.717) is 0 Å². The van der Waals surface area contributed by atoms with E-state index in [4.69, 9.17) is 0 Å². The molecule has 48 valence electrons. The van der Waals surface area contributed by atoms with Crippen molar-refractivity contribution in [3.63, 3.8) is 0 Å².